The standard InChI is InChI=1S/C53H88NO8P/c1-3-5-7-9-11-13-15-17-19-21-23-24-25-26-28-29-31-33-35-37-39-41-43-45-52(56)54-47-48-61-63(58,59)62-50-51(55)49-60-53(57)46-44-42-40-38-36-34-32-30-27-22-20-18-16-14-12-10-8-6-4-2/h5,7,11-14,17-20,23-24,26-28,30,34,36,51,55H,3-4,6,8-10,15-16,21-22,25,29,31-33,35,37-50H2,1-2H3,(H,54,56)(H,58,59)/b7-5-,13-11-,14-12-,19-17-,20-18-,24-23-,28-26-,30-27-,36-34-. The third kappa shape index (κ3) is 49.5. The number of carbonyl (C=O) groups excluding carboxylic acids is 2. The quantitative estimate of drug-likeness (QED) is 0.0238. The summed E-state index contributed by atoms with van der Waals surface area (Å²) in [5, 5.41) is 12.7. The number of aliphatic hydroxyl groups excluding tert-OH is 1. The molecule has 1 amide bonds. The fourth-order valence-electron chi connectivity index (χ4n) is 6.04. The van der Waals surface area contributed by atoms with Crippen LogP contribution in [0.2, 0.25) is 0 Å². The van der Waals surface area contributed by atoms with E-state index in [1.165, 1.54) is 44.9 Å². The van der Waals surface area contributed by atoms with Crippen molar-refractivity contribution in [2.24, 2.45) is 0 Å². The van der Waals surface area contributed by atoms with Gasteiger partial charge in [0, 0.05) is 19.4 Å². The first-order valence-corrected chi connectivity index (χ1v) is 25.9. The predicted molar refractivity (Wildman–Crippen MR) is 265 cm³/mol. The van der Waals surface area contributed by atoms with Gasteiger partial charge in [-0.2, -0.15) is 0 Å². The van der Waals surface area contributed by atoms with Crippen LogP contribution >= 0.6 is 7.82 Å². The molecule has 9 nitrogen and oxygen atoms in total. The summed E-state index contributed by atoms with van der Waals surface area (Å²) in [7, 11) is -4.44. The molecular formula is C53H88NO8P. The molecule has 63 heavy (non-hydrogen) atoms. The summed E-state index contributed by atoms with van der Waals surface area (Å²) < 4.78 is 26.9. The molecule has 2 unspecified atom stereocenters. The van der Waals surface area contributed by atoms with E-state index in [0.29, 0.717) is 12.8 Å². The Bertz CT molecular complexity index is 1390. The lowest BCUT2D eigenvalue weighted by Gasteiger charge is -2.15. The van der Waals surface area contributed by atoms with Gasteiger partial charge in [-0.3, -0.25) is 18.6 Å². The van der Waals surface area contributed by atoms with Crippen molar-refractivity contribution in [3.63, 3.8) is 0 Å². The number of aliphatic hydroxyl groups is 1. The number of amides is 1. The van der Waals surface area contributed by atoms with Gasteiger partial charge in [0.15, 0.2) is 0 Å². The van der Waals surface area contributed by atoms with Crippen LogP contribution in [0.1, 0.15) is 181 Å². The number of esters is 1. The highest BCUT2D eigenvalue weighted by Crippen LogP contribution is 2.42. The van der Waals surface area contributed by atoms with Crippen LogP contribution in [-0.2, 0) is 27.9 Å². The number of phosphoric acid groups is 1. The number of rotatable bonds is 44. The molecule has 0 saturated heterocycles. The lowest BCUT2D eigenvalue weighted by Crippen LogP contribution is -2.27. The first kappa shape index (κ1) is 59.7. The van der Waals surface area contributed by atoms with Gasteiger partial charge in [0.1, 0.15) is 12.7 Å². The highest BCUT2D eigenvalue weighted by atomic mass is 31.2. The van der Waals surface area contributed by atoms with Crippen LogP contribution in [-0.4, -0.2) is 54.3 Å². The third-order valence-electron chi connectivity index (χ3n) is 9.69. The van der Waals surface area contributed by atoms with Gasteiger partial charge >= 0.3 is 13.8 Å². The molecule has 0 saturated carbocycles. The molecule has 0 aromatic rings. The van der Waals surface area contributed by atoms with E-state index in [1.807, 2.05) is 0 Å². The zero-order valence-electron chi connectivity index (χ0n) is 39.5. The van der Waals surface area contributed by atoms with Gasteiger partial charge in [-0.05, 0) is 103 Å². The highest BCUT2D eigenvalue weighted by Gasteiger charge is 2.23. The molecule has 0 aliphatic heterocycles. The Kier molecular flexibility index (Phi) is 45.6. The molecule has 0 rings (SSSR count). The molecule has 0 aromatic carbocycles. The maximum atomic E-state index is 12.1. The SMILES string of the molecule is CC/C=C\C/C=C\C/C=C\C/C=C\C/C=C\CCCCCCCCCC(=O)NCCOP(=O)(O)OCC(O)COC(=O)CCCCC/C=C\C/C=C\C/C=C\C/C=C\CCCCC. The summed E-state index contributed by atoms with van der Waals surface area (Å²) in [6.07, 6.45) is 64.5. The molecule has 3 N–H and O–H groups in total. The van der Waals surface area contributed by atoms with Crippen LogP contribution in [0.25, 0.3) is 0 Å². The normalized spacial score (nSPS) is 14.2. The average molecular weight is 898 g/mol. The molecule has 10 heteroatoms. The summed E-state index contributed by atoms with van der Waals surface area (Å²) in [6, 6.07) is 0. The first-order valence-electron chi connectivity index (χ1n) is 24.4. The van der Waals surface area contributed by atoms with E-state index in [-0.39, 0.29) is 32.1 Å². The molecule has 358 valence electrons. The summed E-state index contributed by atoms with van der Waals surface area (Å²) >= 11 is 0. The van der Waals surface area contributed by atoms with E-state index in [2.05, 4.69) is 129 Å². The van der Waals surface area contributed by atoms with Crippen molar-refractivity contribution in [3.8, 4) is 0 Å². The maximum absolute atomic E-state index is 12.1. The fourth-order valence-corrected chi connectivity index (χ4v) is 6.79. The Morgan fingerprint density at radius 1 is 0.508 bits per heavy atom. The monoisotopic (exact) mass is 898 g/mol. The molecule has 0 radical (unpaired) electrons. The summed E-state index contributed by atoms with van der Waals surface area (Å²) in [5.74, 6) is -0.567. The fraction of sp³-hybridized carbons (Fsp3) is 0.623. The van der Waals surface area contributed by atoms with Gasteiger partial charge in [-0.25, -0.2) is 4.57 Å². The second-order valence-electron chi connectivity index (χ2n) is 15.7. The molecule has 0 bridgehead atoms. The molecule has 2 atom stereocenters. The lowest BCUT2D eigenvalue weighted by atomic mass is 10.1. The van der Waals surface area contributed by atoms with Crippen molar-refractivity contribution in [1.82, 2.24) is 5.32 Å². The van der Waals surface area contributed by atoms with Crippen LogP contribution < -0.4 is 5.32 Å². The van der Waals surface area contributed by atoms with Crippen LogP contribution in [0.15, 0.2) is 109 Å². The van der Waals surface area contributed by atoms with Crippen LogP contribution in [0.5, 0.6) is 0 Å². The van der Waals surface area contributed by atoms with Crippen LogP contribution in [0, 0.1) is 0 Å². The van der Waals surface area contributed by atoms with Crippen molar-refractivity contribution >= 4 is 19.7 Å². The van der Waals surface area contributed by atoms with Crippen molar-refractivity contribution in [1.29, 1.82) is 0 Å². The maximum Gasteiger partial charge on any atom is 0.472 e. The summed E-state index contributed by atoms with van der Waals surface area (Å²) in [5.41, 5.74) is 0. The number of unbranched alkanes of at least 4 members (excludes halogenated alkanes) is 13. The third-order valence-corrected chi connectivity index (χ3v) is 10.7. The van der Waals surface area contributed by atoms with E-state index >= 15 is 0 Å². The molecule has 0 fully saturated rings. The number of hydrogen-bond donors (Lipinski definition) is 3. The number of ether oxygens (including phenoxy) is 1. The number of carbonyl (C=O) groups is 2. The Morgan fingerprint density at radius 3 is 1.38 bits per heavy atom. The van der Waals surface area contributed by atoms with Crippen LogP contribution in [0.3, 0.4) is 0 Å². The first-order chi connectivity index (χ1) is 30.8. The largest absolute Gasteiger partial charge is 0.472 e. The number of phosphoric ester groups is 1. The Hall–Kier alpha value is -3.33. The van der Waals surface area contributed by atoms with E-state index < -0.39 is 26.5 Å². The highest BCUT2D eigenvalue weighted by molar-refractivity contribution is 7.47. The zero-order chi connectivity index (χ0) is 46.0. The molecule has 0 spiro atoms. The molecule has 0 heterocycles. The molecule has 0 aromatic heterocycles. The van der Waals surface area contributed by atoms with E-state index in [0.717, 1.165) is 103 Å². The lowest BCUT2D eigenvalue weighted by molar-refractivity contribution is -0.147. The average Bonchev–Trinajstić information content (AvgIpc) is 3.27. The molecular weight excluding hydrogens is 810 g/mol. The second kappa shape index (κ2) is 48.1. The minimum absolute atomic E-state index is 0.0638. The smallest absolute Gasteiger partial charge is 0.463 e. The van der Waals surface area contributed by atoms with Crippen molar-refractivity contribution in [2.75, 3.05) is 26.4 Å². The van der Waals surface area contributed by atoms with E-state index in [4.69, 9.17) is 13.8 Å². The Morgan fingerprint density at radius 2 is 0.905 bits per heavy atom. The van der Waals surface area contributed by atoms with Gasteiger partial charge < -0.3 is 20.1 Å². The van der Waals surface area contributed by atoms with E-state index in [9.17, 15) is 24.2 Å². The summed E-state index contributed by atoms with van der Waals surface area (Å²) in [4.78, 5) is 34.0. The topological polar surface area (TPSA) is 131 Å². The number of nitrogens with one attached hydrogen (secondary N) is 1. The van der Waals surface area contributed by atoms with Crippen molar-refractivity contribution < 1.29 is 37.9 Å². The van der Waals surface area contributed by atoms with E-state index in [1.54, 1.807) is 0 Å². The molecule has 0 aliphatic rings. The van der Waals surface area contributed by atoms with Gasteiger partial charge in [0.25, 0.3) is 0 Å². The predicted octanol–water partition coefficient (Wildman–Crippen LogP) is 14.3. The van der Waals surface area contributed by atoms with Crippen molar-refractivity contribution in [3.05, 3.63) is 109 Å². The Balaban J connectivity index is 3.68. The second-order valence-corrected chi connectivity index (χ2v) is 17.1. The minimum atomic E-state index is -4.44. The van der Waals surface area contributed by atoms with Gasteiger partial charge in [-0.15, -0.1) is 0 Å². The van der Waals surface area contributed by atoms with Gasteiger partial charge in [0.05, 0.1) is 13.2 Å². The summed E-state index contributed by atoms with van der Waals surface area (Å²) in [6.45, 7) is 3.35. The zero-order valence-corrected chi connectivity index (χ0v) is 40.4. The van der Waals surface area contributed by atoms with Crippen molar-refractivity contribution in [2.45, 2.75) is 187 Å². The minimum Gasteiger partial charge on any atom is -0.463 e. The van der Waals surface area contributed by atoms with Crippen LogP contribution in [0.4, 0.5) is 0 Å². The number of hydrogen-bond acceptors (Lipinski definition) is 7. The van der Waals surface area contributed by atoms with Gasteiger partial charge in [0.2, 0.25) is 5.91 Å². The Labute approximate surface area is 384 Å². The number of allylic oxidation sites excluding steroid dienone is 18. The molecule has 0 aliphatic carbocycles. The van der Waals surface area contributed by atoms with Gasteiger partial charge in [-0.1, -0.05) is 175 Å².